The summed E-state index contributed by atoms with van der Waals surface area (Å²) in [5.41, 5.74) is -1.49. The van der Waals surface area contributed by atoms with Crippen LogP contribution >= 0.6 is 11.6 Å². The van der Waals surface area contributed by atoms with Crippen molar-refractivity contribution < 1.29 is 35.9 Å². The Hall–Kier alpha value is -2.43. The van der Waals surface area contributed by atoms with Gasteiger partial charge in [0.05, 0.1) is 16.4 Å². The lowest BCUT2D eigenvalue weighted by Gasteiger charge is -2.17. The lowest BCUT2D eigenvalue weighted by atomic mass is 10.2. The minimum Gasteiger partial charge on any atom is -0.432 e. The second kappa shape index (κ2) is 7.77. The normalized spacial score (nSPS) is 15.5. The number of hydrogen-bond donors (Lipinski definition) is 1. The predicted molar refractivity (Wildman–Crippen MR) is 90.6 cm³/mol. The zero-order valence-corrected chi connectivity index (χ0v) is 15.5. The summed E-state index contributed by atoms with van der Waals surface area (Å²) in [5, 5.41) is 5.16. The van der Waals surface area contributed by atoms with Crippen molar-refractivity contribution in [2.24, 2.45) is 0 Å². The van der Waals surface area contributed by atoms with Crippen LogP contribution in [0.1, 0.15) is 43.1 Å². The van der Waals surface area contributed by atoms with E-state index in [2.05, 4.69) is 15.2 Å². The first-order chi connectivity index (χ1) is 13.5. The maximum atomic E-state index is 13.3. The van der Waals surface area contributed by atoms with Gasteiger partial charge in [-0.15, -0.1) is 0 Å². The number of aromatic nitrogens is 2. The molecule has 1 unspecified atom stereocenters. The Morgan fingerprint density at radius 3 is 2.55 bits per heavy atom. The number of benzene rings is 1. The maximum absolute atomic E-state index is 13.3. The van der Waals surface area contributed by atoms with Gasteiger partial charge in [-0.25, -0.2) is 4.39 Å². The first kappa shape index (κ1) is 21.3. The molecule has 2 aromatic rings. The van der Waals surface area contributed by atoms with Crippen LogP contribution in [0.4, 0.5) is 32.0 Å². The summed E-state index contributed by atoms with van der Waals surface area (Å²) < 4.78 is 82.9. The largest absolute Gasteiger partial charge is 0.436 e. The topological polar surface area (TPSA) is 56.1 Å². The van der Waals surface area contributed by atoms with Gasteiger partial charge in [-0.3, -0.25) is 9.48 Å². The van der Waals surface area contributed by atoms with Crippen molar-refractivity contribution in [2.75, 3.05) is 5.32 Å². The van der Waals surface area contributed by atoms with Crippen LogP contribution in [0.2, 0.25) is 5.02 Å². The standard InChI is InChI=1S/C17H14ClF6N3O2/c1-7(15(28)25-10-5-4-9(19)6-11(10)29-16(20)21)27-13(8-2-3-8)12(18)14(26-27)17(22,23)24/h4-8,16H,2-3H2,1H3,(H,25,28). The fourth-order valence-corrected chi connectivity index (χ4v) is 3.15. The SMILES string of the molecule is CC(C(=O)Nc1ccc(F)cc1OC(F)F)n1nc(C(F)(F)F)c(Cl)c1C1CC1. The average Bonchev–Trinajstić information content (AvgIpc) is 3.37. The molecule has 1 aromatic heterocycles. The Morgan fingerprint density at radius 2 is 2.00 bits per heavy atom. The Bertz CT molecular complexity index is 927. The lowest BCUT2D eigenvalue weighted by molar-refractivity contribution is -0.141. The van der Waals surface area contributed by atoms with Gasteiger partial charge in [0.1, 0.15) is 11.9 Å². The van der Waals surface area contributed by atoms with Crippen molar-refractivity contribution in [3.05, 3.63) is 40.4 Å². The fourth-order valence-electron chi connectivity index (χ4n) is 2.77. The van der Waals surface area contributed by atoms with E-state index in [9.17, 15) is 31.1 Å². The monoisotopic (exact) mass is 441 g/mol. The molecule has 1 aliphatic carbocycles. The molecule has 1 N–H and O–H groups in total. The number of carbonyl (C=O) groups is 1. The van der Waals surface area contributed by atoms with Gasteiger partial charge >= 0.3 is 12.8 Å². The van der Waals surface area contributed by atoms with Gasteiger partial charge in [-0.1, -0.05) is 11.6 Å². The van der Waals surface area contributed by atoms with Gasteiger partial charge in [0.2, 0.25) is 5.91 Å². The number of amides is 1. The van der Waals surface area contributed by atoms with E-state index in [4.69, 9.17) is 11.6 Å². The highest BCUT2D eigenvalue weighted by atomic mass is 35.5. The van der Waals surface area contributed by atoms with E-state index in [0.29, 0.717) is 18.9 Å². The first-order valence-electron chi connectivity index (χ1n) is 8.39. The smallest absolute Gasteiger partial charge is 0.432 e. The van der Waals surface area contributed by atoms with Crippen LogP contribution in [0.25, 0.3) is 0 Å². The molecule has 0 saturated heterocycles. The minimum absolute atomic E-state index is 0.0878. The molecule has 1 aromatic carbocycles. The molecule has 29 heavy (non-hydrogen) atoms. The molecule has 1 fully saturated rings. The summed E-state index contributed by atoms with van der Waals surface area (Å²) >= 11 is 5.88. The van der Waals surface area contributed by atoms with Gasteiger partial charge in [0.15, 0.2) is 11.4 Å². The number of halogens is 7. The highest BCUT2D eigenvalue weighted by Gasteiger charge is 2.43. The number of carbonyl (C=O) groups excluding carboxylic acids is 1. The van der Waals surface area contributed by atoms with E-state index in [1.165, 1.54) is 6.92 Å². The molecule has 1 saturated carbocycles. The van der Waals surface area contributed by atoms with Crippen LogP contribution in [0.3, 0.4) is 0 Å². The summed E-state index contributed by atoms with van der Waals surface area (Å²) in [6, 6.07) is 1.29. The Balaban J connectivity index is 1.90. The number of anilines is 1. The number of nitrogens with one attached hydrogen (secondary N) is 1. The van der Waals surface area contributed by atoms with Crippen molar-refractivity contribution in [3.63, 3.8) is 0 Å². The van der Waals surface area contributed by atoms with Crippen molar-refractivity contribution in [1.29, 1.82) is 0 Å². The van der Waals surface area contributed by atoms with E-state index >= 15 is 0 Å². The zero-order chi connectivity index (χ0) is 21.5. The van der Waals surface area contributed by atoms with Gasteiger partial charge in [-0.05, 0) is 31.9 Å². The zero-order valence-electron chi connectivity index (χ0n) is 14.7. The first-order valence-corrected chi connectivity index (χ1v) is 8.77. The molecule has 5 nitrogen and oxygen atoms in total. The van der Waals surface area contributed by atoms with Crippen molar-refractivity contribution in [1.82, 2.24) is 9.78 Å². The van der Waals surface area contributed by atoms with Gasteiger partial charge < -0.3 is 10.1 Å². The maximum Gasteiger partial charge on any atom is 0.436 e. The van der Waals surface area contributed by atoms with E-state index in [1.807, 2.05) is 0 Å². The van der Waals surface area contributed by atoms with Crippen LogP contribution in [-0.4, -0.2) is 22.3 Å². The van der Waals surface area contributed by atoms with Crippen LogP contribution < -0.4 is 10.1 Å². The highest BCUT2D eigenvalue weighted by molar-refractivity contribution is 6.32. The third kappa shape index (κ3) is 4.60. The van der Waals surface area contributed by atoms with E-state index in [1.54, 1.807) is 0 Å². The second-order valence-electron chi connectivity index (χ2n) is 6.45. The number of hydrogen-bond acceptors (Lipinski definition) is 3. The molecule has 1 aliphatic rings. The summed E-state index contributed by atoms with van der Waals surface area (Å²) in [6.45, 7) is -1.99. The van der Waals surface area contributed by atoms with Crippen LogP contribution in [0.15, 0.2) is 18.2 Å². The number of ether oxygens (including phenoxy) is 1. The Labute approximate surface area is 165 Å². The molecule has 1 atom stereocenters. The molecule has 1 heterocycles. The Morgan fingerprint density at radius 1 is 1.34 bits per heavy atom. The fraction of sp³-hybridized carbons (Fsp3) is 0.412. The quantitative estimate of drug-likeness (QED) is 0.613. The third-order valence-corrected chi connectivity index (χ3v) is 4.66. The van der Waals surface area contributed by atoms with Crippen molar-refractivity contribution >= 4 is 23.2 Å². The summed E-state index contributed by atoms with van der Waals surface area (Å²) in [4.78, 5) is 12.6. The van der Waals surface area contributed by atoms with E-state index in [0.717, 1.165) is 16.8 Å². The Kier molecular flexibility index (Phi) is 5.70. The molecule has 12 heteroatoms. The van der Waals surface area contributed by atoms with Gasteiger partial charge in [0.25, 0.3) is 0 Å². The summed E-state index contributed by atoms with van der Waals surface area (Å²) in [5.74, 6) is -2.63. The third-order valence-electron chi connectivity index (χ3n) is 4.28. The molecule has 0 radical (unpaired) electrons. The van der Waals surface area contributed by atoms with Crippen LogP contribution in [0, 0.1) is 5.82 Å². The van der Waals surface area contributed by atoms with Crippen molar-refractivity contribution in [3.8, 4) is 5.75 Å². The molecule has 0 aliphatic heterocycles. The minimum atomic E-state index is -4.81. The average molecular weight is 442 g/mol. The molecular formula is C17H14ClF6N3O2. The summed E-state index contributed by atoms with van der Waals surface area (Å²) in [7, 11) is 0. The van der Waals surface area contributed by atoms with Crippen LogP contribution in [0.5, 0.6) is 5.75 Å². The summed E-state index contributed by atoms with van der Waals surface area (Å²) in [6.07, 6.45) is -3.61. The number of nitrogens with zero attached hydrogens (tertiary/aromatic N) is 2. The molecule has 0 spiro atoms. The molecule has 1 amide bonds. The van der Waals surface area contributed by atoms with Gasteiger partial charge in [0, 0.05) is 12.0 Å². The lowest BCUT2D eigenvalue weighted by Crippen LogP contribution is -2.26. The molecule has 158 valence electrons. The number of rotatable bonds is 6. The second-order valence-corrected chi connectivity index (χ2v) is 6.83. The van der Waals surface area contributed by atoms with Gasteiger partial charge in [-0.2, -0.15) is 27.1 Å². The van der Waals surface area contributed by atoms with Crippen LogP contribution in [-0.2, 0) is 11.0 Å². The highest BCUT2D eigenvalue weighted by Crippen LogP contribution is 2.47. The van der Waals surface area contributed by atoms with E-state index < -0.39 is 47.0 Å². The predicted octanol–water partition coefficient (Wildman–Crippen LogP) is 5.37. The number of alkyl halides is 5. The van der Waals surface area contributed by atoms with Crippen molar-refractivity contribution in [2.45, 2.75) is 44.5 Å². The molecular weight excluding hydrogens is 428 g/mol. The van der Waals surface area contributed by atoms with E-state index in [-0.39, 0.29) is 17.3 Å². The molecule has 0 bridgehead atoms. The molecule has 3 rings (SSSR count).